The van der Waals surface area contributed by atoms with E-state index in [4.69, 9.17) is 10.00 Å². The van der Waals surface area contributed by atoms with Crippen LogP contribution in [0.2, 0.25) is 0 Å². The number of rotatable bonds is 4. The molecule has 0 N–H and O–H groups in total. The van der Waals surface area contributed by atoms with E-state index in [1.807, 2.05) is 42.5 Å². The van der Waals surface area contributed by atoms with Crippen molar-refractivity contribution in [2.75, 3.05) is 6.61 Å². The second kappa shape index (κ2) is 6.77. The molecule has 94 valence electrons. The molecular formula is C16H12BrNO. The number of hydrogen-bond donors (Lipinski definition) is 0. The molecule has 0 saturated heterocycles. The van der Waals surface area contributed by atoms with Crippen LogP contribution in [0.3, 0.4) is 0 Å². The maximum Gasteiger partial charge on any atom is 0.120 e. The molecule has 0 heterocycles. The lowest BCUT2D eigenvalue weighted by atomic mass is 10.2. The molecule has 0 bridgehead atoms. The molecule has 19 heavy (non-hydrogen) atoms. The van der Waals surface area contributed by atoms with Gasteiger partial charge in [0.15, 0.2) is 0 Å². The second-order valence-corrected chi connectivity index (χ2v) is 4.73. The number of benzene rings is 2. The molecule has 3 heteroatoms. The minimum atomic E-state index is 0.493. The Morgan fingerprint density at radius 2 is 1.95 bits per heavy atom. The van der Waals surface area contributed by atoms with Crippen LogP contribution in [0.4, 0.5) is 0 Å². The molecule has 2 nitrogen and oxygen atoms in total. The highest BCUT2D eigenvalue weighted by atomic mass is 79.9. The Hall–Kier alpha value is -2.05. The summed E-state index contributed by atoms with van der Waals surface area (Å²) in [6.07, 6.45) is 3.97. The van der Waals surface area contributed by atoms with E-state index in [9.17, 15) is 0 Å². The van der Waals surface area contributed by atoms with Crippen molar-refractivity contribution >= 4 is 22.0 Å². The molecule has 0 aliphatic carbocycles. The normalized spacial score (nSPS) is 10.3. The summed E-state index contributed by atoms with van der Waals surface area (Å²) in [6.45, 7) is 0.493. The first-order valence-electron chi connectivity index (χ1n) is 5.83. The van der Waals surface area contributed by atoms with Crippen molar-refractivity contribution in [3.05, 3.63) is 70.2 Å². The third-order valence-corrected chi connectivity index (χ3v) is 3.17. The zero-order valence-electron chi connectivity index (χ0n) is 10.2. The Kier molecular flexibility index (Phi) is 4.77. The quantitative estimate of drug-likeness (QED) is 0.837. The Morgan fingerprint density at radius 3 is 2.63 bits per heavy atom. The highest BCUT2D eigenvalue weighted by Gasteiger charge is 2.00. The van der Waals surface area contributed by atoms with Gasteiger partial charge in [-0.25, -0.2) is 0 Å². The van der Waals surface area contributed by atoms with Gasteiger partial charge >= 0.3 is 0 Å². The third kappa shape index (κ3) is 3.97. The van der Waals surface area contributed by atoms with Gasteiger partial charge in [0.2, 0.25) is 0 Å². The van der Waals surface area contributed by atoms with Gasteiger partial charge in [-0.1, -0.05) is 36.4 Å². The largest absolute Gasteiger partial charge is 0.489 e. The van der Waals surface area contributed by atoms with Gasteiger partial charge in [-0.3, -0.25) is 0 Å². The van der Waals surface area contributed by atoms with E-state index in [-0.39, 0.29) is 0 Å². The van der Waals surface area contributed by atoms with Crippen LogP contribution in [0.5, 0.6) is 5.75 Å². The summed E-state index contributed by atoms with van der Waals surface area (Å²) in [6, 6.07) is 17.5. The molecule has 0 fully saturated rings. The van der Waals surface area contributed by atoms with Crippen molar-refractivity contribution in [3.8, 4) is 11.8 Å². The van der Waals surface area contributed by atoms with Gasteiger partial charge in [0.05, 0.1) is 5.56 Å². The lowest BCUT2D eigenvalue weighted by molar-refractivity contribution is 0.363. The minimum absolute atomic E-state index is 0.493. The highest BCUT2D eigenvalue weighted by Crippen LogP contribution is 2.22. The van der Waals surface area contributed by atoms with Crippen molar-refractivity contribution in [2.45, 2.75) is 0 Å². The highest BCUT2D eigenvalue weighted by molar-refractivity contribution is 9.10. The molecule has 0 aliphatic heterocycles. The standard InChI is InChI=1S/C16H12BrNO/c17-16-11-15(9-8-14(16)12-18)19-10-4-7-13-5-2-1-3-6-13/h1-9,11H,10H2/b7-4+. The Balaban J connectivity index is 1.91. The molecular weight excluding hydrogens is 302 g/mol. The fraction of sp³-hybridized carbons (Fsp3) is 0.0625. The van der Waals surface area contributed by atoms with E-state index in [1.54, 1.807) is 18.2 Å². The maximum absolute atomic E-state index is 8.82. The summed E-state index contributed by atoms with van der Waals surface area (Å²) in [7, 11) is 0. The van der Waals surface area contributed by atoms with E-state index in [2.05, 4.69) is 22.0 Å². The number of nitrogens with zero attached hydrogens (tertiary/aromatic N) is 1. The fourth-order valence-electron chi connectivity index (χ4n) is 1.57. The topological polar surface area (TPSA) is 33.0 Å². The molecule has 0 radical (unpaired) electrons. The van der Waals surface area contributed by atoms with Gasteiger partial charge in [-0.05, 0) is 45.8 Å². The summed E-state index contributed by atoms with van der Waals surface area (Å²) in [5, 5.41) is 8.82. The van der Waals surface area contributed by atoms with Gasteiger partial charge in [0.25, 0.3) is 0 Å². The van der Waals surface area contributed by atoms with Crippen molar-refractivity contribution < 1.29 is 4.74 Å². The Morgan fingerprint density at radius 1 is 1.16 bits per heavy atom. The molecule has 0 unspecified atom stereocenters. The van der Waals surface area contributed by atoms with Crippen molar-refractivity contribution in [3.63, 3.8) is 0 Å². The summed E-state index contributed by atoms with van der Waals surface area (Å²) in [4.78, 5) is 0. The van der Waals surface area contributed by atoms with E-state index in [0.717, 1.165) is 15.8 Å². The number of hydrogen-bond acceptors (Lipinski definition) is 2. The predicted molar refractivity (Wildman–Crippen MR) is 79.8 cm³/mol. The van der Waals surface area contributed by atoms with Crippen molar-refractivity contribution in [2.24, 2.45) is 0 Å². The first-order valence-corrected chi connectivity index (χ1v) is 6.63. The van der Waals surface area contributed by atoms with Gasteiger partial charge < -0.3 is 4.74 Å². The zero-order valence-corrected chi connectivity index (χ0v) is 11.8. The molecule has 2 rings (SSSR count). The van der Waals surface area contributed by atoms with Gasteiger partial charge in [0, 0.05) is 4.47 Å². The van der Waals surface area contributed by atoms with E-state index in [1.165, 1.54) is 0 Å². The van der Waals surface area contributed by atoms with Crippen molar-refractivity contribution in [1.29, 1.82) is 5.26 Å². The summed E-state index contributed by atoms with van der Waals surface area (Å²) in [5.74, 6) is 0.739. The van der Waals surface area contributed by atoms with Crippen molar-refractivity contribution in [1.82, 2.24) is 0 Å². The van der Waals surface area contributed by atoms with Gasteiger partial charge in [-0.2, -0.15) is 5.26 Å². The van der Waals surface area contributed by atoms with Gasteiger partial charge in [-0.15, -0.1) is 0 Å². The van der Waals surface area contributed by atoms with Gasteiger partial charge in [0.1, 0.15) is 18.4 Å². The number of ether oxygens (including phenoxy) is 1. The average molecular weight is 314 g/mol. The Bertz CT molecular complexity index is 614. The zero-order chi connectivity index (χ0) is 13.5. The van der Waals surface area contributed by atoms with Crippen LogP contribution < -0.4 is 4.74 Å². The van der Waals surface area contributed by atoms with Crippen LogP contribution in [0.1, 0.15) is 11.1 Å². The average Bonchev–Trinajstić information content (AvgIpc) is 2.45. The van der Waals surface area contributed by atoms with Crippen LogP contribution in [0.15, 0.2) is 59.1 Å². The first kappa shape index (κ1) is 13.4. The predicted octanol–water partition coefficient (Wildman–Crippen LogP) is 4.41. The SMILES string of the molecule is N#Cc1ccc(OC/C=C/c2ccccc2)cc1Br. The molecule has 2 aromatic rings. The molecule has 0 saturated carbocycles. The van der Waals surface area contributed by atoms with E-state index in [0.29, 0.717) is 12.2 Å². The second-order valence-electron chi connectivity index (χ2n) is 3.88. The van der Waals surface area contributed by atoms with Crippen LogP contribution >= 0.6 is 15.9 Å². The molecule has 0 spiro atoms. The van der Waals surface area contributed by atoms with Crippen LogP contribution in [-0.4, -0.2) is 6.61 Å². The molecule has 0 amide bonds. The monoisotopic (exact) mass is 313 g/mol. The Labute approximate surface area is 121 Å². The lowest BCUT2D eigenvalue weighted by Crippen LogP contribution is -1.93. The van der Waals surface area contributed by atoms with E-state index < -0.39 is 0 Å². The maximum atomic E-state index is 8.82. The molecule has 0 atom stereocenters. The van der Waals surface area contributed by atoms with Crippen LogP contribution in [0, 0.1) is 11.3 Å². The first-order chi connectivity index (χ1) is 9.29. The summed E-state index contributed by atoms with van der Waals surface area (Å²) < 4.78 is 6.33. The van der Waals surface area contributed by atoms with Crippen LogP contribution in [-0.2, 0) is 0 Å². The lowest BCUT2D eigenvalue weighted by Gasteiger charge is -2.04. The molecule has 0 aromatic heterocycles. The number of halogens is 1. The molecule has 2 aromatic carbocycles. The van der Waals surface area contributed by atoms with E-state index >= 15 is 0 Å². The summed E-state index contributed by atoms with van der Waals surface area (Å²) >= 11 is 3.33. The number of nitriles is 1. The summed E-state index contributed by atoms with van der Waals surface area (Å²) in [5.41, 5.74) is 1.75. The third-order valence-electron chi connectivity index (χ3n) is 2.52. The fourth-order valence-corrected chi connectivity index (χ4v) is 2.02. The minimum Gasteiger partial charge on any atom is -0.489 e. The van der Waals surface area contributed by atoms with Crippen LogP contribution in [0.25, 0.3) is 6.08 Å². The molecule has 0 aliphatic rings. The smallest absolute Gasteiger partial charge is 0.120 e.